The molecule has 2 aromatic heterocycles. The van der Waals surface area contributed by atoms with Crippen LogP contribution in [0, 0.1) is 0 Å². The molecule has 4 rings (SSSR count). The number of hydrogen-bond donors (Lipinski definition) is 4. The number of carboxylic acid groups (broad SMARTS) is 1. The van der Waals surface area contributed by atoms with E-state index in [0.29, 0.717) is 6.42 Å². The first kappa shape index (κ1) is 18.3. The molecule has 3 radical (unpaired) electrons. The Hall–Kier alpha value is -3.09. The Labute approximate surface area is 145 Å². The van der Waals surface area contributed by atoms with E-state index in [-0.39, 0.29) is 6.15 Å². The van der Waals surface area contributed by atoms with Crippen LogP contribution in [0.2, 0.25) is 0 Å². The molecule has 0 spiro atoms. The lowest BCUT2D eigenvalue weighted by atomic mass is 10.1. The molecule has 25 heavy (non-hydrogen) atoms. The normalized spacial score (nSPS) is 11.4. The van der Waals surface area contributed by atoms with Crippen LogP contribution in [0.3, 0.4) is 0 Å². The number of aromatic nitrogens is 2. The van der Waals surface area contributed by atoms with Crippen LogP contribution in [0.5, 0.6) is 0 Å². The smallest absolute Gasteiger partial charge is 0.320 e. The van der Waals surface area contributed by atoms with Gasteiger partial charge in [0, 0.05) is 41.4 Å². The van der Waals surface area contributed by atoms with Crippen LogP contribution in [0.1, 0.15) is 5.56 Å². The van der Waals surface area contributed by atoms with Gasteiger partial charge >= 0.3 is 5.97 Å². The van der Waals surface area contributed by atoms with E-state index in [1.165, 1.54) is 10.9 Å². The second-order valence-corrected chi connectivity index (χ2v) is 5.57. The number of benzene rings is 2. The molecule has 4 aromatic rings. The molecule has 2 heterocycles. The summed E-state index contributed by atoms with van der Waals surface area (Å²) in [6.07, 6.45) is 4.11. The fraction of sp³-hybridized carbons (Fsp3) is 0.105. The highest BCUT2D eigenvalue weighted by molar-refractivity contribution is 5.84. The summed E-state index contributed by atoms with van der Waals surface area (Å²) in [5.74, 6) is -0.972. The number of para-hydroxylation sites is 2. The maximum atomic E-state index is 10.6. The van der Waals surface area contributed by atoms with Gasteiger partial charge in [-0.25, -0.2) is 0 Å². The summed E-state index contributed by atoms with van der Waals surface area (Å²) >= 11 is 0. The summed E-state index contributed by atoms with van der Waals surface area (Å²) in [7, 11) is 0. The number of nitrogens with two attached hydrogens (primary N) is 1. The van der Waals surface area contributed by atoms with Gasteiger partial charge in [-0.05, 0) is 29.1 Å². The van der Waals surface area contributed by atoms with Crippen LogP contribution < -0.4 is 11.9 Å². The summed E-state index contributed by atoms with van der Waals surface area (Å²) in [6.45, 7) is 0. The molecular weight excluding hydrogens is 316 g/mol. The fourth-order valence-corrected chi connectivity index (χ4v) is 2.62. The number of hydrogen-bond acceptors (Lipinski definition) is 2. The van der Waals surface area contributed by atoms with Crippen molar-refractivity contribution in [3.05, 3.63) is 72.6 Å². The number of carboxylic acids is 1. The third kappa shape index (κ3) is 4.26. The van der Waals surface area contributed by atoms with Gasteiger partial charge < -0.3 is 20.8 Å². The highest BCUT2D eigenvalue weighted by Crippen LogP contribution is 2.18. The lowest BCUT2D eigenvalue weighted by molar-refractivity contribution is -0.138. The number of rotatable bonds is 3. The fourth-order valence-electron chi connectivity index (χ4n) is 2.62. The average Bonchev–Trinajstić information content (AvgIpc) is 3.22. The molecule has 0 fully saturated rings. The molecule has 0 aliphatic rings. The van der Waals surface area contributed by atoms with Gasteiger partial charge in [0.15, 0.2) is 0 Å². The third-order valence-corrected chi connectivity index (χ3v) is 3.89. The second kappa shape index (κ2) is 8.14. The number of nitrogens with zero attached hydrogens (tertiary/aromatic N) is 1. The van der Waals surface area contributed by atoms with Crippen LogP contribution in [0.25, 0.3) is 21.8 Å². The van der Waals surface area contributed by atoms with Crippen molar-refractivity contribution in [1.82, 2.24) is 16.1 Å². The monoisotopic (exact) mass is 335 g/mol. The summed E-state index contributed by atoms with van der Waals surface area (Å²) in [5.41, 5.74) is 8.64. The van der Waals surface area contributed by atoms with Gasteiger partial charge in [0.1, 0.15) is 6.04 Å². The molecule has 5 N–H and O–H groups in total. The molecule has 0 aliphatic heterocycles. The average molecular weight is 335 g/mol. The van der Waals surface area contributed by atoms with E-state index in [1.54, 1.807) is 0 Å². The van der Waals surface area contributed by atoms with Gasteiger partial charge in [-0.3, -0.25) is 4.79 Å². The number of nitrogens with one attached hydrogen (secondary N) is 2. The molecule has 2 aromatic carbocycles. The van der Waals surface area contributed by atoms with E-state index in [9.17, 15) is 4.79 Å². The minimum atomic E-state index is -0.972. The minimum absolute atomic E-state index is 0. The van der Waals surface area contributed by atoms with Crippen molar-refractivity contribution in [1.29, 1.82) is 0 Å². The molecular formula is C19H19N4O2. The molecule has 0 aliphatic carbocycles. The van der Waals surface area contributed by atoms with E-state index < -0.39 is 12.0 Å². The van der Waals surface area contributed by atoms with Crippen molar-refractivity contribution in [3.8, 4) is 0 Å². The van der Waals surface area contributed by atoms with Crippen molar-refractivity contribution in [3.63, 3.8) is 0 Å². The Kier molecular flexibility index (Phi) is 5.94. The topological polar surface area (TPSA) is 125 Å². The molecule has 1 atom stereocenters. The van der Waals surface area contributed by atoms with Gasteiger partial charge in [0.2, 0.25) is 0 Å². The van der Waals surface area contributed by atoms with Crippen molar-refractivity contribution < 1.29 is 9.90 Å². The first-order valence-electron chi connectivity index (χ1n) is 7.70. The first-order chi connectivity index (χ1) is 11.6. The SMILES string of the molecule is N[C@@H](Cc1c[nH]c2ccccc12)C(=O)O.[N].c1ccc2[nH]ccc2c1. The predicted octanol–water partition coefficient (Wildman–Crippen LogP) is 2.81. The zero-order valence-electron chi connectivity index (χ0n) is 13.5. The van der Waals surface area contributed by atoms with Crippen LogP contribution >= 0.6 is 0 Å². The van der Waals surface area contributed by atoms with Crippen molar-refractivity contribution in [2.24, 2.45) is 5.73 Å². The first-order valence-corrected chi connectivity index (χ1v) is 7.70. The Balaban J connectivity index is 0.000000193. The zero-order chi connectivity index (χ0) is 16.9. The highest BCUT2D eigenvalue weighted by atomic mass is 16.4. The number of fused-ring (bicyclic) bond motifs is 2. The summed E-state index contributed by atoms with van der Waals surface area (Å²) in [5, 5.41) is 11.0. The van der Waals surface area contributed by atoms with Crippen molar-refractivity contribution >= 4 is 27.8 Å². The summed E-state index contributed by atoms with van der Waals surface area (Å²) in [6, 6.07) is 17.2. The Bertz CT molecular complexity index is 928. The van der Waals surface area contributed by atoms with E-state index in [4.69, 9.17) is 10.8 Å². The highest BCUT2D eigenvalue weighted by Gasteiger charge is 2.14. The van der Waals surface area contributed by atoms with Gasteiger partial charge in [-0.15, -0.1) is 0 Å². The van der Waals surface area contributed by atoms with Gasteiger partial charge in [0.05, 0.1) is 0 Å². The maximum absolute atomic E-state index is 10.6. The number of carbonyl (C=O) groups is 1. The Morgan fingerprint density at radius 3 is 2.40 bits per heavy atom. The standard InChI is InChI=1S/C11H12N2O2.C8H7N.N/c12-9(11(14)15)5-7-6-13-10-4-2-1-3-8(7)10;1-2-4-8-7(3-1)5-6-9-8;/h1-4,6,9,13H,5,12H2,(H,14,15);1-6,9H;/t9-;;/m0../s1. The van der Waals surface area contributed by atoms with Crippen LogP contribution in [-0.4, -0.2) is 27.1 Å². The number of aromatic amines is 2. The van der Waals surface area contributed by atoms with Crippen LogP contribution in [-0.2, 0) is 11.2 Å². The lowest BCUT2D eigenvalue weighted by Gasteiger charge is -2.04. The molecule has 127 valence electrons. The van der Waals surface area contributed by atoms with Gasteiger partial charge in [0.25, 0.3) is 0 Å². The van der Waals surface area contributed by atoms with Crippen LogP contribution in [0.4, 0.5) is 0 Å². The van der Waals surface area contributed by atoms with E-state index in [2.05, 4.69) is 28.2 Å². The number of aliphatic carboxylic acids is 1. The quantitative estimate of drug-likeness (QED) is 0.460. The van der Waals surface area contributed by atoms with Gasteiger partial charge in [-0.2, -0.15) is 0 Å². The third-order valence-electron chi connectivity index (χ3n) is 3.89. The van der Waals surface area contributed by atoms with E-state index in [1.807, 2.05) is 48.8 Å². The van der Waals surface area contributed by atoms with E-state index >= 15 is 0 Å². The Morgan fingerprint density at radius 1 is 1.00 bits per heavy atom. The molecule has 0 unspecified atom stereocenters. The van der Waals surface area contributed by atoms with Crippen molar-refractivity contribution in [2.75, 3.05) is 0 Å². The Morgan fingerprint density at radius 2 is 1.68 bits per heavy atom. The molecule has 0 bridgehead atoms. The number of H-pyrrole nitrogens is 2. The van der Waals surface area contributed by atoms with E-state index in [0.717, 1.165) is 16.5 Å². The van der Waals surface area contributed by atoms with Crippen LogP contribution in [0.15, 0.2) is 67.0 Å². The maximum Gasteiger partial charge on any atom is 0.320 e. The lowest BCUT2D eigenvalue weighted by Crippen LogP contribution is -2.32. The second-order valence-electron chi connectivity index (χ2n) is 5.57. The molecule has 6 nitrogen and oxygen atoms in total. The molecule has 0 amide bonds. The van der Waals surface area contributed by atoms with Crippen molar-refractivity contribution in [2.45, 2.75) is 12.5 Å². The summed E-state index contributed by atoms with van der Waals surface area (Å²) in [4.78, 5) is 16.8. The largest absolute Gasteiger partial charge is 0.480 e. The summed E-state index contributed by atoms with van der Waals surface area (Å²) < 4.78 is 0. The van der Waals surface area contributed by atoms with Gasteiger partial charge in [-0.1, -0.05) is 36.4 Å². The minimum Gasteiger partial charge on any atom is -0.480 e. The molecule has 0 saturated heterocycles. The molecule has 0 saturated carbocycles. The molecule has 6 heteroatoms. The zero-order valence-corrected chi connectivity index (χ0v) is 13.5. The predicted molar refractivity (Wildman–Crippen MR) is 98.0 cm³/mol.